The van der Waals surface area contributed by atoms with Gasteiger partial charge in [-0.25, -0.2) is 19.6 Å². The molecule has 0 heterocycles. The maximum Gasteiger partial charge on any atom is 0.210 e. The van der Waals surface area contributed by atoms with Gasteiger partial charge in [-0.2, -0.15) is 0 Å². The van der Waals surface area contributed by atoms with Crippen LogP contribution in [0.1, 0.15) is 32.1 Å². The number of hydrogen-bond donors (Lipinski definition) is 3. The molecule has 110 valence electrons. The van der Waals surface area contributed by atoms with Crippen LogP contribution in [0.2, 0.25) is 5.02 Å². The molecule has 0 saturated heterocycles. The third-order valence-corrected chi connectivity index (χ3v) is 3.57. The summed E-state index contributed by atoms with van der Waals surface area (Å²) in [5, 5.41) is 2.62. The molecule has 1 saturated carbocycles. The molecule has 4 nitrogen and oxygen atoms in total. The van der Waals surface area contributed by atoms with Gasteiger partial charge >= 0.3 is 0 Å². The lowest BCUT2D eigenvalue weighted by Gasteiger charge is -2.20. The second kappa shape index (κ2) is 6.85. The second-order valence-corrected chi connectivity index (χ2v) is 5.19. The van der Waals surface area contributed by atoms with Gasteiger partial charge in [0.15, 0.2) is 5.82 Å². The van der Waals surface area contributed by atoms with Crippen molar-refractivity contribution >= 4 is 23.2 Å². The lowest BCUT2D eigenvalue weighted by Crippen LogP contribution is -2.38. The molecule has 0 radical (unpaired) electrons. The number of hydrogen-bond acceptors (Lipinski definition) is 2. The van der Waals surface area contributed by atoms with Crippen molar-refractivity contribution in [1.29, 1.82) is 0 Å². The quantitative estimate of drug-likeness (QED) is 0.340. The van der Waals surface area contributed by atoms with E-state index in [4.69, 9.17) is 17.4 Å². The van der Waals surface area contributed by atoms with Gasteiger partial charge in [-0.1, -0.05) is 30.9 Å². The van der Waals surface area contributed by atoms with Crippen LogP contribution in [0.4, 0.5) is 14.5 Å². The Kier molecular flexibility index (Phi) is 5.14. The van der Waals surface area contributed by atoms with Crippen molar-refractivity contribution in [3.8, 4) is 0 Å². The van der Waals surface area contributed by atoms with Crippen molar-refractivity contribution < 1.29 is 8.78 Å². The average Bonchev–Trinajstić information content (AvgIpc) is 2.42. The number of rotatable bonds is 2. The number of nitrogens with zero attached hydrogens (tertiary/aromatic N) is 1. The summed E-state index contributed by atoms with van der Waals surface area (Å²) >= 11 is 5.81. The van der Waals surface area contributed by atoms with Crippen LogP contribution in [0.5, 0.6) is 0 Å². The van der Waals surface area contributed by atoms with Gasteiger partial charge in [-0.15, -0.1) is 0 Å². The van der Waals surface area contributed by atoms with Gasteiger partial charge in [0.25, 0.3) is 0 Å². The summed E-state index contributed by atoms with van der Waals surface area (Å²) < 4.78 is 26.7. The molecule has 0 aliphatic heterocycles. The Bertz CT molecular complexity index is 478. The van der Waals surface area contributed by atoms with E-state index in [9.17, 15) is 8.78 Å². The van der Waals surface area contributed by atoms with Crippen LogP contribution in [0, 0.1) is 11.6 Å². The molecule has 1 aliphatic carbocycles. The molecule has 4 N–H and O–H groups in total. The SMILES string of the molecule is NNC(=NC1CCCCC1)Nc1c(F)cc(F)cc1Cl. The molecule has 0 amide bonds. The lowest BCUT2D eigenvalue weighted by molar-refractivity contribution is 0.442. The standard InChI is InChI=1S/C13H17ClF2N4/c14-10-6-8(15)7-11(16)12(10)19-13(20-17)18-9-4-2-1-3-5-9/h6-7,9H,1-5,17H2,(H2,18,19,20). The summed E-state index contributed by atoms with van der Waals surface area (Å²) in [4.78, 5) is 4.40. The Balaban J connectivity index is 2.15. The second-order valence-electron chi connectivity index (χ2n) is 4.78. The molecular weight excluding hydrogens is 286 g/mol. The Morgan fingerprint density at radius 2 is 1.95 bits per heavy atom. The molecule has 0 bridgehead atoms. The minimum absolute atomic E-state index is 0.0411. The van der Waals surface area contributed by atoms with Crippen LogP contribution < -0.4 is 16.6 Å². The smallest absolute Gasteiger partial charge is 0.210 e. The van der Waals surface area contributed by atoms with Gasteiger partial charge in [0.2, 0.25) is 5.96 Å². The van der Waals surface area contributed by atoms with E-state index < -0.39 is 11.6 Å². The van der Waals surface area contributed by atoms with Crippen molar-refractivity contribution in [1.82, 2.24) is 5.43 Å². The predicted octanol–water partition coefficient (Wildman–Crippen LogP) is 3.18. The topological polar surface area (TPSA) is 62.4 Å². The molecular formula is C13H17ClF2N4. The van der Waals surface area contributed by atoms with Crippen molar-refractivity contribution in [3.05, 3.63) is 28.8 Å². The highest BCUT2D eigenvalue weighted by molar-refractivity contribution is 6.33. The van der Waals surface area contributed by atoms with Crippen LogP contribution in [0.25, 0.3) is 0 Å². The fourth-order valence-electron chi connectivity index (χ4n) is 2.28. The van der Waals surface area contributed by atoms with Crippen molar-refractivity contribution in [2.75, 3.05) is 5.32 Å². The molecule has 1 aliphatic rings. The number of nitrogens with two attached hydrogens (primary N) is 1. The van der Waals surface area contributed by atoms with Crippen molar-refractivity contribution in [3.63, 3.8) is 0 Å². The Morgan fingerprint density at radius 3 is 2.55 bits per heavy atom. The number of nitrogens with one attached hydrogen (secondary N) is 2. The number of guanidine groups is 1. The first-order valence-electron chi connectivity index (χ1n) is 6.56. The summed E-state index contributed by atoms with van der Waals surface area (Å²) in [7, 11) is 0. The van der Waals surface area contributed by atoms with Crippen molar-refractivity contribution in [2.24, 2.45) is 10.8 Å². The monoisotopic (exact) mass is 302 g/mol. The van der Waals surface area contributed by atoms with E-state index in [1.165, 1.54) is 6.42 Å². The molecule has 7 heteroatoms. The van der Waals surface area contributed by atoms with E-state index in [2.05, 4.69) is 15.7 Å². The van der Waals surface area contributed by atoms with Gasteiger partial charge in [0.1, 0.15) is 5.82 Å². The van der Waals surface area contributed by atoms with Gasteiger partial charge in [-0.3, -0.25) is 5.43 Å². The number of aliphatic imine (C=N–C) groups is 1. The maximum atomic E-state index is 13.7. The zero-order valence-electron chi connectivity index (χ0n) is 10.9. The molecule has 2 rings (SSSR count). The van der Waals surface area contributed by atoms with Gasteiger partial charge < -0.3 is 5.32 Å². The first-order chi connectivity index (χ1) is 9.60. The Hall–Kier alpha value is -1.40. The van der Waals surface area contributed by atoms with E-state index in [-0.39, 0.29) is 22.7 Å². The minimum Gasteiger partial charge on any atom is -0.322 e. The average molecular weight is 303 g/mol. The summed E-state index contributed by atoms with van der Waals surface area (Å²) in [5.74, 6) is 4.09. The third-order valence-electron chi connectivity index (χ3n) is 3.27. The minimum atomic E-state index is -0.790. The fourth-order valence-corrected chi connectivity index (χ4v) is 2.52. The van der Waals surface area contributed by atoms with Crippen LogP contribution in [0.15, 0.2) is 17.1 Å². The molecule has 1 fully saturated rings. The highest BCUT2D eigenvalue weighted by atomic mass is 35.5. The first-order valence-corrected chi connectivity index (χ1v) is 6.94. The highest BCUT2D eigenvalue weighted by Crippen LogP contribution is 2.26. The fraction of sp³-hybridized carbons (Fsp3) is 0.462. The van der Waals surface area contributed by atoms with Gasteiger partial charge in [-0.05, 0) is 18.9 Å². The maximum absolute atomic E-state index is 13.7. The Labute approximate surface area is 121 Å². The Morgan fingerprint density at radius 1 is 1.25 bits per heavy atom. The molecule has 0 spiro atoms. The number of anilines is 1. The van der Waals surface area contributed by atoms with Gasteiger partial charge in [0.05, 0.1) is 16.8 Å². The van der Waals surface area contributed by atoms with Crippen LogP contribution in [-0.2, 0) is 0 Å². The summed E-state index contributed by atoms with van der Waals surface area (Å²) in [6.45, 7) is 0. The highest BCUT2D eigenvalue weighted by Gasteiger charge is 2.15. The predicted molar refractivity (Wildman–Crippen MR) is 76.6 cm³/mol. The van der Waals surface area contributed by atoms with E-state index in [1.54, 1.807) is 0 Å². The summed E-state index contributed by atoms with van der Waals surface area (Å²) in [5.41, 5.74) is 2.35. The van der Waals surface area contributed by atoms with Crippen LogP contribution >= 0.6 is 11.6 Å². The van der Waals surface area contributed by atoms with Crippen LogP contribution in [0.3, 0.4) is 0 Å². The zero-order valence-corrected chi connectivity index (χ0v) is 11.7. The summed E-state index contributed by atoms with van der Waals surface area (Å²) in [6, 6.07) is 1.94. The number of halogens is 3. The molecule has 20 heavy (non-hydrogen) atoms. The largest absolute Gasteiger partial charge is 0.322 e. The van der Waals surface area contributed by atoms with Gasteiger partial charge in [0, 0.05) is 6.07 Å². The molecule has 1 aromatic carbocycles. The number of benzene rings is 1. The van der Waals surface area contributed by atoms with E-state index in [0.29, 0.717) is 0 Å². The normalized spacial score (nSPS) is 17.1. The lowest BCUT2D eigenvalue weighted by atomic mass is 9.96. The van der Waals surface area contributed by atoms with E-state index in [0.717, 1.165) is 37.8 Å². The van der Waals surface area contributed by atoms with E-state index in [1.807, 2.05) is 0 Å². The molecule has 0 unspecified atom stereocenters. The zero-order chi connectivity index (χ0) is 14.5. The van der Waals surface area contributed by atoms with Crippen LogP contribution in [-0.4, -0.2) is 12.0 Å². The summed E-state index contributed by atoms with van der Waals surface area (Å²) in [6.07, 6.45) is 5.41. The molecule has 0 aromatic heterocycles. The van der Waals surface area contributed by atoms with Crippen molar-refractivity contribution in [2.45, 2.75) is 38.1 Å². The van der Waals surface area contributed by atoms with E-state index >= 15 is 0 Å². The molecule has 1 aromatic rings. The number of hydrazine groups is 1. The first kappa shape index (κ1) is 15.0. The molecule has 0 atom stereocenters. The third kappa shape index (κ3) is 3.80.